The van der Waals surface area contributed by atoms with Gasteiger partial charge in [-0.15, -0.1) is 0 Å². The molecule has 4 nitrogen and oxygen atoms in total. The van der Waals surface area contributed by atoms with Crippen molar-refractivity contribution >= 4 is 39.1 Å². The molecule has 1 N–H and O–H groups in total. The number of hydrogen-bond donors (Lipinski definition) is 1. The third-order valence-corrected chi connectivity index (χ3v) is 4.68. The zero-order valence-electron chi connectivity index (χ0n) is 14.1. The summed E-state index contributed by atoms with van der Waals surface area (Å²) in [4.78, 5) is 25.7. The molecule has 24 heavy (non-hydrogen) atoms. The Morgan fingerprint density at radius 3 is 2.42 bits per heavy atom. The highest BCUT2D eigenvalue weighted by molar-refractivity contribution is 9.10. The predicted octanol–water partition coefficient (Wildman–Crippen LogP) is 4.45. The van der Waals surface area contributed by atoms with Crippen LogP contribution < -0.4 is 10.2 Å². The van der Waals surface area contributed by atoms with Crippen LogP contribution in [-0.2, 0) is 9.59 Å². The van der Waals surface area contributed by atoms with E-state index in [1.165, 1.54) is 6.92 Å². The summed E-state index contributed by atoms with van der Waals surface area (Å²) in [7, 11) is 0. The zero-order chi connectivity index (χ0) is 17.7. The van der Waals surface area contributed by atoms with E-state index in [1.807, 2.05) is 56.3 Å². The molecule has 2 aromatic rings. The molecule has 0 heterocycles. The molecule has 0 radical (unpaired) electrons. The number of para-hydroxylation sites is 1. The van der Waals surface area contributed by atoms with Crippen LogP contribution in [0.1, 0.15) is 24.5 Å². The molecule has 0 aromatic heterocycles. The minimum Gasteiger partial charge on any atom is -0.326 e. The summed E-state index contributed by atoms with van der Waals surface area (Å²) in [5, 5.41) is 2.89. The van der Waals surface area contributed by atoms with Gasteiger partial charge in [0.15, 0.2) is 0 Å². The van der Waals surface area contributed by atoms with Crippen LogP contribution in [0.15, 0.2) is 46.9 Å². The number of halogens is 1. The van der Waals surface area contributed by atoms with Gasteiger partial charge in [-0.1, -0.05) is 40.2 Å². The SMILES string of the molecule is CC(=O)N(CCC(=O)Nc1ccccc1C)c1ccc(C)c(Br)c1. The van der Waals surface area contributed by atoms with Gasteiger partial charge in [-0.25, -0.2) is 0 Å². The van der Waals surface area contributed by atoms with Crippen molar-refractivity contribution < 1.29 is 9.59 Å². The van der Waals surface area contributed by atoms with Gasteiger partial charge in [0.1, 0.15) is 0 Å². The van der Waals surface area contributed by atoms with Crippen LogP contribution in [0.25, 0.3) is 0 Å². The summed E-state index contributed by atoms with van der Waals surface area (Å²) in [6.07, 6.45) is 0.236. The normalized spacial score (nSPS) is 10.3. The Morgan fingerprint density at radius 2 is 1.79 bits per heavy atom. The number of anilines is 2. The average molecular weight is 389 g/mol. The number of aryl methyl sites for hydroxylation is 2. The molecule has 0 atom stereocenters. The third kappa shape index (κ3) is 4.68. The first-order chi connectivity index (χ1) is 11.4. The van der Waals surface area contributed by atoms with Crippen molar-refractivity contribution in [1.29, 1.82) is 0 Å². The summed E-state index contributed by atoms with van der Waals surface area (Å²) in [5.41, 5.74) is 3.69. The van der Waals surface area contributed by atoms with Gasteiger partial charge in [-0.3, -0.25) is 9.59 Å². The van der Waals surface area contributed by atoms with Gasteiger partial charge < -0.3 is 10.2 Å². The quantitative estimate of drug-likeness (QED) is 0.822. The first-order valence-corrected chi connectivity index (χ1v) is 8.57. The van der Waals surface area contributed by atoms with Gasteiger partial charge in [-0.2, -0.15) is 0 Å². The fraction of sp³-hybridized carbons (Fsp3) is 0.263. The van der Waals surface area contributed by atoms with Gasteiger partial charge in [0.2, 0.25) is 11.8 Å². The van der Waals surface area contributed by atoms with Crippen molar-refractivity contribution in [3.63, 3.8) is 0 Å². The first kappa shape index (κ1) is 18.2. The topological polar surface area (TPSA) is 49.4 Å². The molecule has 0 saturated carbocycles. The standard InChI is InChI=1S/C19H21BrN2O2/c1-13-8-9-16(12-17(13)20)22(15(3)23)11-10-19(24)21-18-7-5-4-6-14(18)2/h4-9,12H,10-11H2,1-3H3,(H,21,24). The molecule has 0 aliphatic heterocycles. The van der Waals surface area contributed by atoms with E-state index >= 15 is 0 Å². The van der Waals surface area contributed by atoms with Crippen LogP contribution in [-0.4, -0.2) is 18.4 Å². The van der Waals surface area contributed by atoms with E-state index in [-0.39, 0.29) is 18.2 Å². The van der Waals surface area contributed by atoms with Crippen LogP contribution in [0, 0.1) is 13.8 Å². The molecule has 0 bridgehead atoms. The van der Waals surface area contributed by atoms with Gasteiger partial charge in [0.05, 0.1) is 0 Å². The molecule has 0 saturated heterocycles. The minimum absolute atomic E-state index is 0.0885. The lowest BCUT2D eigenvalue weighted by atomic mass is 10.2. The molecular weight excluding hydrogens is 368 g/mol. The van der Waals surface area contributed by atoms with E-state index in [1.54, 1.807) is 4.90 Å². The molecule has 0 aliphatic rings. The Kier molecular flexibility index (Phi) is 6.15. The van der Waals surface area contributed by atoms with Crippen LogP contribution in [0.4, 0.5) is 11.4 Å². The van der Waals surface area contributed by atoms with Crippen molar-refractivity contribution in [2.45, 2.75) is 27.2 Å². The monoisotopic (exact) mass is 388 g/mol. The number of hydrogen-bond acceptors (Lipinski definition) is 2. The van der Waals surface area contributed by atoms with Crippen molar-refractivity contribution in [2.24, 2.45) is 0 Å². The lowest BCUT2D eigenvalue weighted by molar-refractivity contribution is -0.117. The Labute approximate surface area is 151 Å². The third-order valence-electron chi connectivity index (χ3n) is 3.83. The molecule has 5 heteroatoms. The Balaban J connectivity index is 2.03. The highest BCUT2D eigenvalue weighted by Crippen LogP contribution is 2.24. The highest BCUT2D eigenvalue weighted by Gasteiger charge is 2.14. The molecule has 0 spiro atoms. The van der Waals surface area contributed by atoms with Crippen molar-refractivity contribution in [1.82, 2.24) is 0 Å². The van der Waals surface area contributed by atoms with Crippen LogP contribution in [0.5, 0.6) is 0 Å². The highest BCUT2D eigenvalue weighted by atomic mass is 79.9. The predicted molar refractivity (Wildman–Crippen MR) is 101 cm³/mol. The van der Waals surface area contributed by atoms with Gasteiger partial charge in [0, 0.05) is 35.7 Å². The molecule has 0 aliphatic carbocycles. The maximum Gasteiger partial charge on any atom is 0.226 e. The summed E-state index contributed by atoms with van der Waals surface area (Å²) >= 11 is 3.48. The van der Waals surface area contributed by atoms with E-state index in [2.05, 4.69) is 21.2 Å². The second-order valence-corrected chi connectivity index (χ2v) is 6.57. The van der Waals surface area contributed by atoms with E-state index in [0.717, 1.165) is 27.0 Å². The Bertz CT molecular complexity index is 759. The molecule has 126 valence electrons. The fourth-order valence-corrected chi connectivity index (χ4v) is 2.72. The van der Waals surface area contributed by atoms with Crippen LogP contribution in [0.2, 0.25) is 0 Å². The molecule has 2 amide bonds. The van der Waals surface area contributed by atoms with Gasteiger partial charge in [0.25, 0.3) is 0 Å². The van der Waals surface area contributed by atoms with E-state index in [4.69, 9.17) is 0 Å². The zero-order valence-corrected chi connectivity index (χ0v) is 15.7. The Morgan fingerprint density at radius 1 is 1.08 bits per heavy atom. The smallest absolute Gasteiger partial charge is 0.226 e. The van der Waals surface area contributed by atoms with Crippen LogP contribution in [0.3, 0.4) is 0 Å². The van der Waals surface area contributed by atoms with Crippen LogP contribution >= 0.6 is 15.9 Å². The maximum atomic E-state index is 12.2. The number of rotatable bonds is 5. The molecule has 0 unspecified atom stereocenters. The summed E-state index contributed by atoms with van der Waals surface area (Å²) in [6.45, 7) is 5.78. The minimum atomic E-state index is -0.110. The van der Waals surface area contributed by atoms with Gasteiger partial charge >= 0.3 is 0 Å². The van der Waals surface area contributed by atoms with E-state index in [0.29, 0.717) is 6.54 Å². The lowest BCUT2D eigenvalue weighted by Crippen LogP contribution is -2.32. The summed E-state index contributed by atoms with van der Waals surface area (Å²) in [6, 6.07) is 13.4. The molecule has 2 rings (SSSR count). The average Bonchev–Trinajstić information content (AvgIpc) is 2.53. The summed E-state index contributed by atoms with van der Waals surface area (Å²) in [5.74, 6) is -0.198. The number of carbonyl (C=O) groups is 2. The molecular formula is C19H21BrN2O2. The first-order valence-electron chi connectivity index (χ1n) is 7.78. The van der Waals surface area contributed by atoms with E-state index in [9.17, 15) is 9.59 Å². The second-order valence-electron chi connectivity index (χ2n) is 5.72. The largest absolute Gasteiger partial charge is 0.326 e. The number of nitrogens with zero attached hydrogens (tertiary/aromatic N) is 1. The number of benzene rings is 2. The number of amides is 2. The summed E-state index contributed by atoms with van der Waals surface area (Å²) < 4.78 is 0.940. The lowest BCUT2D eigenvalue weighted by Gasteiger charge is -2.21. The second kappa shape index (κ2) is 8.11. The molecule has 2 aromatic carbocycles. The number of nitrogens with one attached hydrogen (secondary N) is 1. The van der Waals surface area contributed by atoms with E-state index < -0.39 is 0 Å². The maximum absolute atomic E-state index is 12.2. The number of carbonyl (C=O) groups excluding carboxylic acids is 2. The Hall–Kier alpha value is -2.14. The van der Waals surface area contributed by atoms with Gasteiger partial charge in [-0.05, 0) is 43.2 Å². The van der Waals surface area contributed by atoms with Crippen molar-refractivity contribution in [3.8, 4) is 0 Å². The molecule has 0 fully saturated rings. The van der Waals surface area contributed by atoms with Crippen molar-refractivity contribution in [2.75, 3.05) is 16.8 Å². The van der Waals surface area contributed by atoms with Crippen molar-refractivity contribution in [3.05, 3.63) is 58.1 Å². The fourth-order valence-electron chi connectivity index (χ4n) is 2.36.